The molecule has 2 N–H and O–H groups in total. The molecule has 0 heterocycles. The van der Waals surface area contributed by atoms with E-state index >= 15 is 0 Å². The third kappa shape index (κ3) is 4.56. The van der Waals surface area contributed by atoms with Gasteiger partial charge in [0.25, 0.3) is 0 Å². The van der Waals surface area contributed by atoms with Crippen molar-refractivity contribution in [3.8, 4) is 0 Å². The van der Waals surface area contributed by atoms with Gasteiger partial charge in [0.1, 0.15) is 11.6 Å². The number of carbonyl (C=O) groups is 1. The Kier molecular flexibility index (Phi) is 5.06. The lowest BCUT2D eigenvalue weighted by atomic mass is 10.1. The van der Waals surface area contributed by atoms with Crippen LogP contribution in [0.2, 0.25) is 0 Å². The summed E-state index contributed by atoms with van der Waals surface area (Å²) in [6.07, 6.45) is 2.61. The average molecular weight is 282 g/mol. The minimum absolute atomic E-state index is 0.0197. The van der Waals surface area contributed by atoms with Gasteiger partial charge in [-0.2, -0.15) is 0 Å². The first-order chi connectivity index (χ1) is 9.56. The highest BCUT2D eigenvalue weighted by Gasteiger charge is 2.21. The molecule has 3 nitrogen and oxygen atoms in total. The van der Waals surface area contributed by atoms with E-state index < -0.39 is 11.6 Å². The van der Waals surface area contributed by atoms with Crippen LogP contribution in [0.4, 0.5) is 8.78 Å². The molecule has 1 aromatic carbocycles. The maximum atomic E-state index is 13.5. The summed E-state index contributed by atoms with van der Waals surface area (Å²) < 4.78 is 27.0. The standard InChI is InChI=1S/C15H20F2N2O/c1-10(7-12-13(16)3-2-4-14(12)17)19-15(20)9-18-8-11-5-6-11/h2-4,10-11,18H,5-9H2,1H3,(H,19,20). The van der Waals surface area contributed by atoms with Crippen molar-refractivity contribution in [1.82, 2.24) is 10.6 Å². The van der Waals surface area contributed by atoms with E-state index in [0.29, 0.717) is 5.92 Å². The number of halogens is 2. The van der Waals surface area contributed by atoms with Gasteiger partial charge in [-0.3, -0.25) is 4.79 Å². The van der Waals surface area contributed by atoms with Crippen molar-refractivity contribution in [1.29, 1.82) is 0 Å². The predicted molar refractivity (Wildman–Crippen MR) is 73.3 cm³/mol. The Morgan fingerprint density at radius 1 is 1.35 bits per heavy atom. The van der Waals surface area contributed by atoms with Gasteiger partial charge in [0, 0.05) is 11.6 Å². The average Bonchev–Trinajstić information content (AvgIpc) is 3.18. The van der Waals surface area contributed by atoms with Crippen LogP contribution >= 0.6 is 0 Å². The smallest absolute Gasteiger partial charge is 0.234 e. The Balaban J connectivity index is 1.76. The SMILES string of the molecule is CC(Cc1c(F)cccc1F)NC(=O)CNCC1CC1. The third-order valence-corrected chi connectivity index (χ3v) is 3.39. The zero-order chi connectivity index (χ0) is 14.5. The molecule has 1 amide bonds. The fraction of sp³-hybridized carbons (Fsp3) is 0.533. The predicted octanol–water partition coefficient (Wildman–Crippen LogP) is 2.01. The molecule has 0 aliphatic heterocycles. The van der Waals surface area contributed by atoms with Crippen LogP contribution < -0.4 is 10.6 Å². The lowest BCUT2D eigenvalue weighted by Gasteiger charge is -2.15. The van der Waals surface area contributed by atoms with E-state index in [1.807, 2.05) is 0 Å². The molecular formula is C15H20F2N2O. The summed E-state index contributed by atoms with van der Waals surface area (Å²) in [5.74, 6) is -0.571. The highest BCUT2D eigenvalue weighted by molar-refractivity contribution is 5.78. The highest BCUT2D eigenvalue weighted by atomic mass is 19.1. The van der Waals surface area contributed by atoms with Gasteiger partial charge >= 0.3 is 0 Å². The van der Waals surface area contributed by atoms with E-state index in [1.54, 1.807) is 6.92 Å². The van der Waals surface area contributed by atoms with Gasteiger partial charge in [-0.05, 0) is 50.8 Å². The molecule has 0 saturated heterocycles. The summed E-state index contributed by atoms with van der Waals surface area (Å²) in [4.78, 5) is 11.7. The first kappa shape index (κ1) is 14.9. The molecule has 1 atom stereocenters. The van der Waals surface area contributed by atoms with E-state index in [4.69, 9.17) is 0 Å². The first-order valence-electron chi connectivity index (χ1n) is 6.99. The number of amides is 1. The lowest BCUT2D eigenvalue weighted by Crippen LogP contribution is -2.40. The molecule has 1 aromatic rings. The van der Waals surface area contributed by atoms with Gasteiger partial charge in [-0.1, -0.05) is 6.07 Å². The normalized spacial score (nSPS) is 15.9. The minimum atomic E-state index is -0.571. The van der Waals surface area contributed by atoms with Crippen molar-refractivity contribution in [2.24, 2.45) is 5.92 Å². The Bertz CT molecular complexity index is 455. The largest absolute Gasteiger partial charge is 0.352 e. The summed E-state index contributed by atoms with van der Waals surface area (Å²) >= 11 is 0. The van der Waals surface area contributed by atoms with Crippen LogP contribution in [0.25, 0.3) is 0 Å². The van der Waals surface area contributed by atoms with Gasteiger partial charge in [0.15, 0.2) is 0 Å². The van der Waals surface area contributed by atoms with E-state index in [2.05, 4.69) is 10.6 Å². The fourth-order valence-electron chi connectivity index (χ4n) is 2.12. The van der Waals surface area contributed by atoms with Crippen LogP contribution in [-0.2, 0) is 11.2 Å². The van der Waals surface area contributed by atoms with E-state index in [1.165, 1.54) is 31.0 Å². The first-order valence-corrected chi connectivity index (χ1v) is 6.99. The molecule has 0 bridgehead atoms. The number of hydrogen-bond acceptors (Lipinski definition) is 2. The Morgan fingerprint density at radius 2 is 2.00 bits per heavy atom. The van der Waals surface area contributed by atoms with Gasteiger partial charge in [0.05, 0.1) is 6.54 Å². The van der Waals surface area contributed by atoms with Crippen LogP contribution in [0.1, 0.15) is 25.3 Å². The molecule has 0 radical (unpaired) electrons. The maximum Gasteiger partial charge on any atom is 0.234 e. The third-order valence-electron chi connectivity index (χ3n) is 3.39. The zero-order valence-electron chi connectivity index (χ0n) is 11.6. The van der Waals surface area contributed by atoms with Crippen molar-refractivity contribution >= 4 is 5.91 Å². The second-order valence-electron chi connectivity index (χ2n) is 5.45. The van der Waals surface area contributed by atoms with Crippen LogP contribution in [0.3, 0.4) is 0 Å². The van der Waals surface area contributed by atoms with Crippen LogP contribution in [0.5, 0.6) is 0 Å². The molecule has 1 aliphatic carbocycles. The molecule has 0 spiro atoms. The van der Waals surface area contributed by atoms with Crippen molar-refractivity contribution in [2.75, 3.05) is 13.1 Å². The van der Waals surface area contributed by atoms with Crippen molar-refractivity contribution < 1.29 is 13.6 Å². The van der Waals surface area contributed by atoms with Crippen LogP contribution in [0, 0.1) is 17.6 Å². The van der Waals surface area contributed by atoms with E-state index in [0.717, 1.165) is 6.54 Å². The van der Waals surface area contributed by atoms with Crippen LogP contribution in [0.15, 0.2) is 18.2 Å². The van der Waals surface area contributed by atoms with Gasteiger partial charge in [-0.15, -0.1) is 0 Å². The fourth-order valence-corrected chi connectivity index (χ4v) is 2.12. The van der Waals surface area contributed by atoms with Crippen molar-refractivity contribution in [3.63, 3.8) is 0 Å². The molecular weight excluding hydrogens is 262 g/mol. The molecule has 5 heteroatoms. The second kappa shape index (κ2) is 6.79. The van der Waals surface area contributed by atoms with Crippen molar-refractivity contribution in [2.45, 2.75) is 32.2 Å². The number of rotatable bonds is 7. The summed E-state index contributed by atoms with van der Waals surface area (Å²) in [5, 5.41) is 5.82. The quantitative estimate of drug-likeness (QED) is 0.803. The van der Waals surface area contributed by atoms with Gasteiger partial charge in [-0.25, -0.2) is 8.78 Å². The van der Waals surface area contributed by atoms with Gasteiger partial charge in [0.2, 0.25) is 5.91 Å². The van der Waals surface area contributed by atoms with Gasteiger partial charge < -0.3 is 10.6 Å². The second-order valence-corrected chi connectivity index (χ2v) is 5.45. The summed E-state index contributed by atoms with van der Waals surface area (Å²) in [6.45, 7) is 2.86. The number of benzene rings is 1. The molecule has 110 valence electrons. The maximum absolute atomic E-state index is 13.5. The number of carbonyl (C=O) groups excluding carboxylic acids is 1. The lowest BCUT2D eigenvalue weighted by molar-refractivity contribution is -0.120. The number of nitrogens with one attached hydrogen (secondary N) is 2. The van der Waals surface area contributed by atoms with Crippen LogP contribution in [-0.4, -0.2) is 25.0 Å². The molecule has 1 saturated carbocycles. The zero-order valence-corrected chi connectivity index (χ0v) is 11.6. The molecule has 0 aromatic heterocycles. The minimum Gasteiger partial charge on any atom is -0.352 e. The Hall–Kier alpha value is -1.49. The highest BCUT2D eigenvalue weighted by Crippen LogP contribution is 2.27. The molecule has 20 heavy (non-hydrogen) atoms. The number of hydrogen-bond donors (Lipinski definition) is 2. The molecule has 1 fully saturated rings. The van der Waals surface area contributed by atoms with E-state index in [-0.39, 0.29) is 30.5 Å². The summed E-state index contributed by atoms with van der Waals surface area (Å²) in [7, 11) is 0. The molecule has 1 aliphatic rings. The molecule has 2 rings (SSSR count). The monoisotopic (exact) mass is 282 g/mol. The summed E-state index contributed by atoms with van der Waals surface area (Å²) in [6, 6.07) is 3.48. The Labute approximate surface area is 117 Å². The molecule has 1 unspecified atom stereocenters. The summed E-state index contributed by atoms with van der Waals surface area (Å²) in [5.41, 5.74) is 0.0197. The van der Waals surface area contributed by atoms with E-state index in [9.17, 15) is 13.6 Å². The Morgan fingerprint density at radius 3 is 2.60 bits per heavy atom. The van der Waals surface area contributed by atoms with Crippen molar-refractivity contribution in [3.05, 3.63) is 35.4 Å². The topological polar surface area (TPSA) is 41.1 Å².